The van der Waals surface area contributed by atoms with Crippen molar-refractivity contribution >= 4 is 23.2 Å². The van der Waals surface area contributed by atoms with Gasteiger partial charge in [0.25, 0.3) is 0 Å². The van der Waals surface area contributed by atoms with Crippen molar-refractivity contribution in [1.82, 2.24) is 15.5 Å². The van der Waals surface area contributed by atoms with Crippen molar-refractivity contribution in [3.8, 4) is 11.5 Å². The van der Waals surface area contributed by atoms with Crippen LogP contribution in [0.25, 0.3) is 0 Å². The lowest BCUT2D eigenvalue weighted by atomic mass is 10.1. The molecule has 0 bridgehead atoms. The number of phenols is 2. The Kier molecular flexibility index (Phi) is 13.8. The van der Waals surface area contributed by atoms with Gasteiger partial charge in [-0.1, -0.05) is 12.1 Å². The maximum Gasteiger partial charge on any atom is 0.222 e. The summed E-state index contributed by atoms with van der Waals surface area (Å²) in [6.45, 7) is 4.17. The van der Waals surface area contributed by atoms with Crippen LogP contribution >= 0.6 is 0 Å². The highest BCUT2D eigenvalue weighted by molar-refractivity contribution is 5.77. The molecule has 210 valence electrons. The Balaban J connectivity index is 1.54. The van der Waals surface area contributed by atoms with Crippen LogP contribution in [0.2, 0.25) is 0 Å². The fourth-order valence-corrected chi connectivity index (χ4v) is 4.02. The van der Waals surface area contributed by atoms with Gasteiger partial charge in [0.1, 0.15) is 0 Å². The number of aryl methyl sites for hydroxylation is 2. The van der Waals surface area contributed by atoms with Crippen LogP contribution in [-0.4, -0.2) is 66.2 Å². The average molecular weight is 529 g/mol. The minimum atomic E-state index is -0.177. The predicted molar refractivity (Wildman–Crippen MR) is 152 cm³/mol. The summed E-state index contributed by atoms with van der Waals surface area (Å²) in [7, 11) is 0. The molecule has 0 spiro atoms. The second kappa shape index (κ2) is 17.1. The number of aromatic hydroxyl groups is 2. The zero-order valence-electron chi connectivity index (χ0n) is 22.3. The van der Waals surface area contributed by atoms with Gasteiger partial charge in [0, 0.05) is 32.5 Å². The van der Waals surface area contributed by atoms with Crippen molar-refractivity contribution < 1.29 is 19.8 Å². The average Bonchev–Trinajstić information content (AvgIpc) is 2.90. The summed E-state index contributed by atoms with van der Waals surface area (Å²) in [6, 6.07) is 10.1. The summed E-state index contributed by atoms with van der Waals surface area (Å²) in [6.07, 6.45) is 5.33. The number of unbranched alkanes of at least 4 members (excludes halogenated alkanes) is 1. The van der Waals surface area contributed by atoms with E-state index in [0.717, 1.165) is 49.9 Å². The molecule has 2 aromatic carbocycles. The third-order valence-corrected chi connectivity index (χ3v) is 6.33. The number of nitrogen functional groups attached to an aromatic ring is 2. The van der Waals surface area contributed by atoms with Crippen LogP contribution in [0.4, 0.5) is 11.4 Å². The van der Waals surface area contributed by atoms with Gasteiger partial charge in [-0.3, -0.25) is 9.59 Å². The molecule has 0 unspecified atom stereocenters. The summed E-state index contributed by atoms with van der Waals surface area (Å²) in [5.41, 5.74) is 20.2. The highest BCUT2D eigenvalue weighted by atomic mass is 16.3. The van der Waals surface area contributed by atoms with Crippen molar-refractivity contribution in [3.63, 3.8) is 0 Å². The first-order chi connectivity index (χ1) is 18.3. The number of anilines is 2. The van der Waals surface area contributed by atoms with Crippen LogP contribution in [-0.2, 0) is 22.4 Å². The van der Waals surface area contributed by atoms with Crippen molar-refractivity contribution in [2.45, 2.75) is 51.4 Å². The molecule has 0 aliphatic carbocycles. The van der Waals surface area contributed by atoms with Crippen LogP contribution in [0.3, 0.4) is 0 Å². The first-order valence-electron chi connectivity index (χ1n) is 13.4. The van der Waals surface area contributed by atoms with Gasteiger partial charge >= 0.3 is 0 Å². The highest BCUT2D eigenvalue weighted by Crippen LogP contribution is 2.25. The SMILES string of the molecule is NCCCN(CCCCNCCCNC(=O)CCc1ccc(O)c(O)c1)C(=O)CCc1ccc(N)c(N)c1. The Hall–Kier alpha value is -3.50. The number of benzene rings is 2. The Labute approximate surface area is 225 Å². The van der Waals surface area contributed by atoms with E-state index in [1.54, 1.807) is 12.1 Å². The first-order valence-corrected chi connectivity index (χ1v) is 13.4. The third-order valence-electron chi connectivity index (χ3n) is 6.33. The van der Waals surface area contributed by atoms with Crippen molar-refractivity contribution in [1.29, 1.82) is 0 Å². The summed E-state index contributed by atoms with van der Waals surface area (Å²) in [5, 5.41) is 25.1. The van der Waals surface area contributed by atoms with Gasteiger partial charge in [-0.25, -0.2) is 0 Å². The monoisotopic (exact) mass is 528 g/mol. The minimum absolute atomic E-state index is 0.0420. The summed E-state index contributed by atoms with van der Waals surface area (Å²) in [4.78, 5) is 26.7. The zero-order valence-corrected chi connectivity index (χ0v) is 22.3. The van der Waals surface area contributed by atoms with Gasteiger partial charge < -0.3 is 42.9 Å². The van der Waals surface area contributed by atoms with E-state index in [2.05, 4.69) is 10.6 Å². The molecule has 0 saturated heterocycles. The number of carbonyl (C=O) groups excluding carboxylic acids is 2. The van der Waals surface area contributed by atoms with E-state index < -0.39 is 0 Å². The van der Waals surface area contributed by atoms with E-state index in [1.807, 2.05) is 17.0 Å². The van der Waals surface area contributed by atoms with Crippen LogP contribution < -0.4 is 27.8 Å². The number of nitrogens with zero attached hydrogens (tertiary/aromatic N) is 1. The molecule has 0 saturated carbocycles. The van der Waals surface area contributed by atoms with E-state index >= 15 is 0 Å². The lowest BCUT2D eigenvalue weighted by Gasteiger charge is -2.23. The Morgan fingerprint density at radius 1 is 0.763 bits per heavy atom. The summed E-state index contributed by atoms with van der Waals surface area (Å²) < 4.78 is 0. The topological polar surface area (TPSA) is 180 Å². The fraction of sp³-hybridized carbons (Fsp3) is 0.500. The normalized spacial score (nSPS) is 10.9. The van der Waals surface area contributed by atoms with Crippen molar-refractivity contribution in [2.24, 2.45) is 5.73 Å². The fourth-order valence-electron chi connectivity index (χ4n) is 4.02. The molecule has 0 aromatic heterocycles. The lowest BCUT2D eigenvalue weighted by molar-refractivity contribution is -0.131. The summed E-state index contributed by atoms with van der Waals surface area (Å²) in [5.74, 6) is -0.261. The third kappa shape index (κ3) is 11.7. The molecule has 0 fully saturated rings. The maximum atomic E-state index is 12.8. The number of hydrogen-bond acceptors (Lipinski definition) is 8. The maximum absolute atomic E-state index is 12.8. The molecule has 2 aromatic rings. The standard InChI is InChI=1S/C28H44N6O4/c29-13-3-18-34(28(38)12-8-21-5-9-23(30)24(31)19-21)17-2-1-14-32-15-4-16-33-27(37)11-7-22-6-10-25(35)26(36)20-22/h5-6,9-10,19-20,32,35-36H,1-4,7-8,11-18,29-31H2,(H,33,37). The smallest absolute Gasteiger partial charge is 0.222 e. The lowest BCUT2D eigenvalue weighted by Crippen LogP contribution is -2.34. The Morgan fingerprint density at radius 2 is 1.45 bits per heavy atom. The molecule has 10 heteroatoms. The highest BCUT2D eigenvalue weighted by Gasteiger charge is 2.13. The second-order valence-electron chi connectivity index (χ2n) is 9.47. The zero-order chi connectivity index (χ0) is 27.8. The first kappa shape index (κ1) is 30.7. The van der Waals surface area contributed by atoms with Gasteiger partial charge in [0.05, 0.1) is 11.4 Å². The molecule has 0 heterocycles. The Morgan fingerprint density at radius 3 is 2.18 bits per heavy atom. The molecule has 0 aliphatic heterocycles. The van der Waals surface area contributed by atoms with Crippen LogP contribution in [0, 0.1) is 0 Å². The molecule has 2 rings (SSSR count). The number of nitrogens with two attached hydrogens (primary N) is 3. The number of nitrogens with one attached hydrogen (secondary N) is 2. The van der Waals surface area contributed by atoms with E-state index in [9.17, 15) is 19.8 Å². The van der Waals surface area contributed by atoms with Gasteiger partial charge in [-0.15, -0.1) is 0 Å². The number of hydrogen-bond donors (Lipinski definition) is 7. The molecular formula is C28H44N6O4. The van der Waals surface area contributed by atoms with E-state index in [0.29, 0.717) is 63.2 Å². The van der Waals surface area contributed by atoms with Crippen LogP contribution in [0.1, 0.15) is 49.7 Å². The van der Waals surface area contributed by atoms with Crippen LogP contribution in [0.15, 0.2) is 36.4 Å². The second-order valence-corrected chi connectivity index (χ2v) is 9.47. The molecule has 10 nitrogen and oxygen atoms in total. The quantitative estimate of drug-likeness (QED) is 0.0870. The van der Waals surface area contributed by atoms with Crippen LogP contribution in [0.5, 0.6) is 11.5 Å². The van der Waals surface area contributed by atoms with Crippen molar-refractivity contribution in [3.05, 3.63) is 47.5 Å². The largest absolute Gasteiger partial charge is 0.504 e. The molecule has 38 heavy (non-hydrogen) atoms. The number of carbonyl (C=O) groups is 2. The molecule has 0 radical (unpaired) electrons. The Bertz CT molecular complexity index is 1020. The molecule has 2 amide bonds. The predicted octanol–water partition coefficient (Wildman–Crippen LogP) is 1.88. The van der Waals surface area contributed by atoms with Gasteiger partial charge in [-0.2, -0.15) is 0 Å². The number of phenolic OH excluding ortho intramolecular Hbond substituents is 2. The van der Waals surface area contributed by atoms with E-state index in [-0.39, 0.29) is 23.3 Å². The van der Waals surface area contributed by atoms with E-state index in [1.165, 1.54) is 12.1 Å². The van der Waals surface area contributed by atoms with Crippen molar-refractivity contribution in [2.75, 3.05) is 50.7 Å². The molecule has 0 aliphatic rings. The van der Waals surface area contributed by atoms with E-state index in [4.69, 9.17) is 17.2 Å². The summed E-state index contributed by atoms with van der Waals surface area (Å²) >= 11 is 0. The number of rotatable bonds is 18. The molecular weight excluding hydrogens is 484 g/mol. The molecule has 10 N–H and O–H groups in total. The number of amides is 2. The minimum Gasteiger partial charge on any atom is -0.504 e. The van der Waals surface area contributed by atoms with Gasteiger partial charge in [0.15, 0.2) is 11.5 Å². The van der Waals surface area contributed by atoms with Gasteiger partial charge in [-0.05, 0) is 93.6 Å². The molecule has 0 atom stereocenters. The van der Waals surface area contributed by atoms with Gasteiger partial charge in [0.2, 0.25) is 11.8 Å².